The van der Waals surface area contributed by atoms with E-state index >= 15 is 0 Å². The normalized spacial score (nSPS) is 12.1. The molecule has 0 fully saturated rings. The van der Waals surface area contributed by atoms with E-state index in [1.165, 1.54) is 0 Å². The van der Waals surface area contributed by atoms with Gasteiger partial charge in [0.25, 0.3) is 5.91 Å². The van der Waals surface area contributed by atoms with Crippen molar-refractivity contribution in [2.75, 3.05) is 0 Å². The van der Waals surface area contributed by atoms with Gasteiger partial charge in [-0.2, -0.15) is 0 Å². The molecule has 2 rings (SSSR count). The molecule has 2 aromatic rings. The van der Waals surface area contributed by atoms with Gasteiger partial charge in [-0.15, -0.1) is 0 Å². The van der Waals surface area contributed by atoms with Crippen LogP contribution in [0.15, 0.2) is 42.5 Å². The van der Waals surface area contributed by atoms with Gasteiger partial charge in [-0.25, -0.2) is 0 Å². The zero-order valence-electron chi connectivity index (χ0n) is 13.9. The Hall–Kier alpha value is -1.56. The maximum atomic E-state index is 12.5. The lowest BCUT2D eigenvalue weighted by atomic mass is 10.1. The van der Waals surface area contributed by atoms with Crippen molar-refractivity contribution in [1.82, 2.24) is 5.32 Å². The van der Waals surface area contributed by atoms with Crippen LogP contribution in [0.3, 0.4) is 0 Å². The van der Waals surface area contributed by atoms with Gasteiger partial charge < -0.3 is 10.1 Å². The Morgan fingerprint density at radius 1 is 1.13 bits per heavy atom. The van der Waals surface area contributed by atoms with Gasteiger partial charge in [0.2, 0.25) is 0 Å². The van der Waals surface area contributed by atoms with Crippen LogP contribution in [0.25, 0.3) is 0 Å². The van der Waals surface area contributed by atoms with Gasteiger partial charge in [0, 0.05) is 3.57 Å². The number of hydrogen-bond acceptors (Lipinski definition) is 2. The summed E-state index contributed by atoms with van der Waals surface area (Å²) in [6, 6.07) is 13.5. The Bertz CT molecular complexity index is 698. The molecule has 0 saturated carbocycles. The largest absolute Gasteiger partial charge is 0.491 e. The Kier molecular flexibility index (Phi) is 6.04. The molecule has 122 valence electrons. The molecule has 0 heterocycles. The summed E-state index contributed by atoms with van der Waals surface area (Å²) in [7, 11) is 0. The highest BCUT2D eigenvalue weighted by molar-refractivity contribution is 14.1. The third-order valence-electron chi connectivity index (χ3n) is 3.51. The summed E-state index contributed by atoms with van der Waals surface area (Å²) in [5.74, 6) is 0.768. The molecule has 1 N–H and O–H groups in total. The van der Waals surface area contributed by atoms with Crippen molar-refractivity contribution in [2.24, 2.45) is 0 Å². The van der Waals surface area contributed by atoms with Crippen LogP contribution in [0.2, 0.25) is 0 Å². The van der Waals surface area contributed by atoms with Crippen molar-refractivity contribution in [3.63, 3.8) is 0 Å². The lowest BCUT2D eigenvalue weighted by molar-refractivity contribution is 0.0938. The van der Waals surface area contributed by atoms with Crippen molar-refractivity contribution in [3.8, 4) is 5.75 Å². The topological polar surface area (TPSA) is 38.3 Å². The van der Waals surface area contributed by atoms with Crippen LogP contribution in [-0.4, -0.2) is 12.0 Å². The first kappa shape index (κ1) is 17.8. The average Bonchev–Trinajstić information content (AvgIpc) is 2.49. The van der Waals surface area contributed by atoms with E-state index < -0.39 is 0 Å². The van der Waals surface area contributed by atoms with E-state index in [1.54, 1.807) is 0 Å². The molecule has 23 heavy (non-hydrogen) atoms. The summed E-state index contributed by atoms with van der Waals surface area (Å²) >= 11 is 2.22. The van der Waals surface area contributed by atoms with E-state index in [4.69, 9.17) is 4.74 Å². The Balaban J connectivity index is 2.14. The first-order valence-corrected chi connectivity index (χ1v) is 8.79. The highest BCUT2D eigenvalue weighted by Crippen LogP contribution is 2.22. The Morgan fingerprint density at radius 2 is 1.83 bits per heavy atom. The third-order valence-corrected chi connectivity index (χ3v) is 4.95. The molecule has 1 amide bonds. The molecule has 0 aliphatic rings. The van der Waals surface area contributed by atoms with Crippen molar-refractivity contribution >= 4 is 28.5 Å². The molecule has 3 nitrogen and oxygen atoms in total. The highest BCUT2D eigenvalue weighted by atomic mass is 127. The molecule has 1 unspecified atom stereocenters. The number of aryl methyl sites for hydroxylation is 1. The molecule has 0 radical (unpaired) electrons. The van der Waals surface area contributed by atoms with E-state index in [1.807, 2.05) is 70.2 Å². The maximum absolute atomic E-state index is 12.5. The zero-order valence-corrected chi connectivity index (χ0v) is 16.0. The summed E-state index contributed by atoms with van der Waals surface area (Å²) in [6.45, 7) is 7.98. The molecular weight excluding hydrogens is 401 g/mol. The number of carbonyl (C=O) groups is 1. The fourth-order valence-corrected chi connectivity index (χ4v) is 2.91. The lowest BCUT2D eigenvalue weighted by Crippen LogP contribution is -2.27. The predicted octanol–water partition coefficient (Wildman–Crippen LogP) is 4.88. The second kappa shape index (κ2) is 7.81. The molecule has 0 aliphatic heterocycles. The molecular formula is C19H22INO2. The van der Waals surface area contributed by atoms with E-state index in [2.05, 4.69) is 27.9 Å². The van der Waals surface area contributed by atoms with Gasteiger partial charge in [-0.1, -0.05) is 24.3 Å². The number of ether oxygens (including phenoxy) is 1. The van der Waals surface area contributed by atoms with Gasteiger partial charge in [0.1, 0.15) is 5.75 Å². The first-order chi connectivity index (χ1) is 10.9. The molecule has 0 aromatic heterocycles. The third kappa shape index (κ3) is 4.70. The van der Waals surface area contributed by atoms with Crippen molar-refractivity contribution in [1.29, 1.82) is 0 Å². The molecule has 0 aliphatic carbocycles. The van der Waals surface area contributed by atoms with Crippen LogP contribution in [0, 0.1) is 10.5 Å². The van der Waals surface area contributed by atoms with Gasteiger partial charge in [0.05, 0.1) is 17.7 Å². The van der Waals surface area contributed by atoms with E-state index in [-0.39, 0.29) is 18.1 Å². The van der Waals surface area contributed by atoms with Gasteiger partial charge in [-0.3, -0.25) is 4.79 Å². The second-order valence-corrected chi connectivity index (χ2v) is 6.95. The minimum absolute atomic E-state index is 0.0548. The number of halogens is 1. The van der Waals surface area contributed by atoms with Gasteiger partial charge in [0.15, 0.2) is 0 Å². The predicted molar refractivity (Wildman–Crippen MR) is 102 cm³/mol. The number of amides is 1. The number of benzene rings is 2. The fraction of sp³-hybridized carbons (Fsp3) is 0.316. The molecule has 0 saturated heterocycles. The monoisotopic (exact) mass is 423 g/mol. The Morgan fingerprint density at radius 3 is 2.52 bits per heavy atom. The zero-order chi connectivity index (χ0) is 17.0. The summed E-state index contributed by atoms with van der Waals surface area (Å²) < 4.78 is 6.71. The first-order valence-electron chi connectivity index (χ1n) is 7.71. The van der Waals surface area contributed by atoms with Crippen LogP contribution < -0.4 is 10.1 Å². The smallest absolute Gasteiger partial charge is 0.252 e. The quantitative estimate of drug-likeness (QED) is 0.697. The fourth-order valence-electron chi connectivity index (χ4n) is 2.31. The average molecular weight is 423 g/mol. The standard InChI is InChI=1S/C19H22INO2/c1-12(2)23-16-9-6-8-15(11-16)14(4)21-19(22)17-10-5-7-13(3)18(17)20/h5-12,14H,1-4H3,(H,21,22). The van der Waals surface area contributed by atoms with Crippen molar-refractivity contribution in [2.45, 2.75) is 39.8 Å². The summed E-state index contributed by atoms with van der Waals surface area (Å²) in [5, 5.41) is 3.06. The van der Waals surface area contributed by atoms with Crippen LogP contribution in [-0.2, 0) is 0 Å². The summed E-state index contributed by atoms with van der Waals surface area (Å²) in [4.78, 5) is 12.5. The number of hydrogen-bond donors (Lipinski definition) is 1. The van der Waals surface area contributed by atoms with E-state index in [0.29, 0.717) is 5.56 Å². The molecule has 1 atom stereocenters. The summed E-state index contributed by atoms with van der Waals surface area (Å²) in [6.07, 6.45) is 0.129. The number of carbonyl (C=O) groups excluding carboxylic acids is 1. The van der Waals surface area contributed by atoms with Crippen molar-refractivity contribution < 1.29 is 9.53 Å². The Labute approximate surface area is 151 Å². The molecule has 0 spiro atoms. The molecule has 0 bridgehead atoms. The van der Waals surface area contributed by atoms with Crippen molar-refractivity contribution in [3.05, 3.63) is 62.7 Å². The number of rotatable bonds is 5. The van der Waals surface area contributed by atoms with Crippen LogP contribution in [0.4, 0.5) is 0 Å². The minimum Gasteiger partial charge on any atom is -0.491 e. The SMILES string of the molecule is Cc1cccc(C(=O)NC(C)c2cccc(OC(C)C)c2)c1I. The molecule has 4 heteroatoms. The molecule has 2 aromatic carbocycles. The minimum atomic E-state index is -0.0884. The van der Waals surface area contributed by atoms with Crippen LogP contribution in [0.1, 0.15) is 48.3 Å². The maximum Gasteiger partial charge on any atom is 0.252 e. The van der Waals surface area contributed by atoms with Crippen LogP contribution >= 0.6 is 22.6 Å². The van der Waals surface area contributed by atoms with Gasteiger partial charge >= 0.3 is 0 Å². The number of nitrogens with one attached hydrogen (secondary N) is 1. The lowest BCUT2D eigenvalue weighted by Gasteiger charge is -2.17. The van der Waals surface area contributed by atoms with Crippen LogP contribution in [0.5, 0.6) is 5.75 Å². The highest BCUT2D eigenvalue weighted by Gasteiger charge is 2.15. The second-order valence-electron chi connectivity index (χ2n) is 5.87. The summed E-state index contributed by atoms with van der Waals surface area (Å²) in [5.41, 5.74) is 2.85. The van der Waals surface area contributed by atoms with Gasteiger partial charge in [-0.05, 0) is 79.6 Å². The van der Waals surface area contributed by atoms with E-state index in [0.717, 1.165) is 20.4 Å². The van der Waals surface area contributed by atoms with E-state index in [9.17, 15) is 4.79 Å².